The van der Waals surface area contributed by atoms with Crippen molar-refractivity contribution in [1.82, 2.24) is 5.32 Å². The van der Waals surface area contributed by atoms with Gasteiger partial charge in [-0.05, 0) is 80.9 Å². The maximum atomic E-state index is 13.2. The van der Waals surface area contributed by atoms with Crippen LogP contribution in [0.5, 0.6) is 5.75 Å². The number of benzene rings is 2. The highest BCUT2D eigenvalue weighted by atomic mass is 35.5. The maximum Gasteiger partial charge on any atom is 0.231 e. The molecule has 7 nitrogen and oxygen atoms in total. The second-order valence-corrected chi connectivity index (χ2v) is 10.8. The van der Waals surface area contributed by atoms with E-state index < -0.39 is 11.5 Å². The van der Waals surface area contributed by atoms with Gasteiger partial charge in [0.25, 0.3) is 0 Å². The van der Waals surface area contributed by atoms with Gasteiger partial charge in [0.15, 0.2) is 0 Å². The molecular weight excluding hydrogens is 581 g/mol. The third-order valence-corrected chi connectivity index (χ3v) is 6.82. The van der Waals surface area contributed by atoms with Gasteiger partial charge >= 0.3 is 0 Å². The fourth-order valence-electron chi connectivity index (χ4n) is 3.34. The highest BCUT2D eigenvalue weighted by Gasteiger charge is 2.20. The Morgan fingerprint density at radius 3 is 2.15 bits per heavy atom. The first-order chi connectivity index (χ1) is 19.4. The Hall–Kier alpha value is -3.33. The van der Waals surface area contributed by atoms with Gasteiger partial charge in [0.05, 0.1) is 28.5 Å². The Kier molecular flexibility index (Phi) is 14.6. The molecule has 0 saturated carbocycles. The number of thiophene rings is 1. The lowest BCUT2D eigenvalue weighted by atomic mass is 10.0. The molecule has 0 aliphatic heterocycles. The van der Waals surface area contributed by atoms with E-state index in [9.17, 15) is 9.59 Å². The summed E-state index contributed by atoms with van der Waals surface area (Å²) in [4.78, 5) is 31.2. The number of carbonyl (C=O) groups excluding carboxylic acids is 2. The van der Waals surface area contributed by atoms with Gasteiger partial charge in [0.1, 0.15) is 11.4 Å². The van der Waals surface area contributed by atoms with E-state index >= 15 is 0 Å². The van der Waals surface area contributed by atoms with E-state index in [1.54, 1.807) is 55.6 Å². The Labute approximate surface area is 257 Å². The van der Waals surface area contributed by atoms with Crippen LogP contribution in [0.4, 0.5) is 0 Å². The van der Waals surface area contributed by atoms with Crippen molar-refractivity contribution in [3.63, 3.8) is 0 Å². The quantitative estimate of drug-likeness (QED) is 0.114. The van der Waals surface area contributed by atoms with E-state index in [1.165, 1.54) is 11.3 Å². The molecule has 41 heavy (non-hydrogen) atoms. The fourth-order valence-corrected chi connectivity index (χ4v) is 4.77. The molecule has 0 atom stereocenters. The first-order valence-electron chi connectivity index (χ1n) is 13.1. The maximum absolute atomic E-state index is 13.2. The average molecular weight is 621 g/mol. The van der Waals surface area contributed by atoms with Crippen molar-refractivity contribution >= 4 is 52.2 Å². The lowest BCUT2D eigenvalue weighted by Crippen LogP contribution is -2.38. The molecule has 0 bridgehead atoms. The predicted octanol–water partition coefficient (Wildman–Crippen LogP) is 8.27. The van der Waals surface area contributed by atoms with Gasteiger partial charge in [-0.15, -0.1) is 11.3 Å². The summed E-state index contributed by atoms with van der Waals surface area (Å²) in [5.41, 5.74) is 7.20. The Balaban J connectivity index is 0.00000201. The smallest absolute Gasteiger partial charge is 0.231 e. The summed E-state index contributed by atoms with van der Waals surface area (Å²) in [7, 11) is 1.56. The van der Waals surface area contributed by atoms with Crippen LogP contribution in [-0.2, 0) is 16.0 Å². The molecule has 3 aromatic rings. The van der Waals surface area contributed by atoms with Crippen molar-refractivity contribution in [3.05, 3.63) is 87.0 Å². The third-order valence-electron chi connectivity index (χ3n) is 4.85. The van der Waals surface area contributed by atoms with Crippen LogP contribution in [0.1, 0.15) is 69.3 Å². The average Bonchev–Trinajstić information content (AvgIpc) is 3.34. The number of nitrogens with one attached hydrogen (secondary N) is 1. The van der Waals surface area contributed by atoms with Crippen molar-refractivity contribution in [1.29, 1.82) is 0 Å². The molecule has 1 heterocycles. The summed E-state index contributed by atoms with van der Waals surface area (Å²) in [5.74, 6) is -0.0408. The molecule has 10 heteroatoms. The number of ether oxygens (including phenoxy) is 2. The molecule has 1 aromatic heterocycles. The number of methoxy groups -OCH3 is 1. The molecular formula is C31H39Cl2N3O4S. The van der Waals surface area contributed by atoms with Crippen molar-refractivity contribution in [3.8, 4) is 16.2 Å². The molecule has 0 unspecified atom stereocenters. The molecule has 222 valence electrons. The first-order valence-corrected chi connectivity index (χ1v) is 14.7. The number of aliphatic imine (C=N–C) groups is 1. The van der Waals surface area contributed by atoms with Gasteiger partial charge in [0.2, 0.25) is 23.5 Å². The minimum Gasteiger partial charge on any atom is -0.497 e. The summed E-state index contributed by atoms with van der Waals surface area (Å²) in [6, 6.07) is 13.7. The molecule has 0 fully saturated rings. The molecule has 0 radical (unpaired) electrons. The molecule has 2 aromatic carbocycles. The lowest BCUT2D eigenvalue weighted by Gasteiger charge is -2.20. The molecule has 0 spiro atoms. The van der Waals surface area contributed by atoms with Crippen molar-refractivity contribution in [2.45, 2.75) is 60.5 Å². The Morgan fingerprint density at radius 1 is 1.00 bits per heavy atom. The van der Waals surface area contributed by atoms with E-state index in [4.69, 9.17) is 38.4 Å². The van der Waals surface area contributed by atoms with Gasteiger partial charge in [-0.1, -0.05) is 57.0 Å². The van der Waals surface area contributed by atoms with E-state index in [2.05, 4.69) is 16.9 Å². The number of nitrogens with zero attached hydrogens (tertiary/aromatic N) is 1. The van der Waals surface area contributed by atoms with Crippen LogP contribution in [0.25, 0.3) is 10.4 Å². The van der Waals surface area contributed by atoms with E-state index in [1.807, 2.05) is 48.5 Å². The number of carbonyl (C=O) groups is 2. The zero-order valence-electron chi connectivity index (χ0n) is 24.9. The summed E-state index contributed by atoms with van der Waals surface area (Å²) >= 11 is 13.6. The summed E-state index contributed by atoms with van der Waals surface area (Å²) in [6.07, 6.45) is -0.0647. The summed E-state index contributed by atoms with van der Waals surface area (Å²) in [5, 5.41) is 3.30. The highest BCUT2D eigenvalue weighted by molar-refractivity contribution is 7.17. The summed E-state index contributed by atoms with van der Waals surface area (Å²) < 4.78 is 10.7. The van der Waals surface area contributed by atoms with Crippen LogP contribution in [0.3, 0.4) is 0 Å². The van der Waals surface area contributed by atoms with Crippen LogP contribution in [0, 0.1) is 0 Å². The van der Waals surface area contributed by atoms with E-state index in [0.29, 0.717) is 36.7 Å². The van der Waals surface area contributed by atoms with Gasteiger partial charge < -0.3 is 15.2 Å². The predicted molar refractivity (Wildman–Crippen MR) is 172 cm³/mol. The lowest BCUT2D eigenvalue weighted by molar-refractivity contribution is -0.119. The van der Waals surface area contributed by atoms with Crippen LogP contribution in [-0.4, -0.2) is 30.4 Å². The third kappa shape index (κ3) is 11.2. The second-order valence-electron chi connectivity index (χ2n) is 8.98. The monoisotopic (exact) mass is 619 g/mol. The minimum atomic E-state index is -0.511. The second kappa shape index (κ2) is 16.8. The number of halogens is 2. The first kappa shape index (κ1) is 35.7. The SMILES string of the molecule is C=C(/N=C(\N)NC(=O)Cc1cc(C(=O)c2ccc(OC)cc2)sc1-c1ccc(Cl)c(Cl)c1)OC(C)(C)C.CC.CC. The van der Waals surface area contributed by atoms with Crippen molar-refractivity contribution in [2.24, 2.45) is 10.7 Å². The molecule has 1 amide bonds. The number of guanidine groups is 1. The molecule has 0 aliphatic rings. The molecule has 3 N–H and O–H groups in total. The number of hydrogen-bond donors (Lipinski definition) is 2. The number of ketones is 1. The Bertz CT molecular complexity index is 1360. The number of amides is 1. The minimum absolute atomic E-state index is 0.0647. The van der Waals surface area contributed by atoms with Crippen LogP contribution in [0.2, 0.25) is 10.0 Å². The van der Waals surface area contributed by atoms with Gasteiger partial charge in [0, 0.05) is 10.4 Å². The fraction of sp³-hybridized carbons (Fsp3) is 0.323. The van der Waals surface area contributed by atoms with E-state index in [0.717, 1.165) is 5.56 Å². The standard InChI is InChI=1S/C27H27Cl2N3O4S.2C2H6/c1-15(36-27(2,3)4)31-26(30)32-23(33)14-18-13-22(24(34)16-6-9-19(35-5)10-7-16)37-25(18)17-8-11-20(28)21(29)12-17;2*1-2/h6-13H,1,14H2,2-5H3,(H3,30,31,32,33);2*1-2H3. The highest BCUT2D eigenvalue weighted by Crippen LogP contribution is 2.37. The topological polar surface area (TPSA) is 103 Å². The largest absolute Gasteiger partial charge is 0.497 e. The van der Waals surface area contributed by atoms with Crippen LogP contribution < -0.4 is 15.8 Å². The molecule has 0 saturated heterocycles. The summed E-state index contributed by atoms with van der Waals surface area (Å²) in [6.45, 7) is 17.2. The van der Waals surface area contributed by atoms with Gasteiger partial charge in [-0.3, -0.25) is 14.9 Å². The van der Waals surface area contributed by atoms with Crippen molar-refractivity contribution < 1.29 is 19.1 Å². The van der Waals surface area contributed by atoms with Crippen molar-refractivity contribution in [2.75, 3.05) is 7.11 Å². The molecule has 3 rings (SSSR count). The number of rotatable bonds is 8. The Morgan fingerprint density at radius 2 is 1.61 bits per heavy atom. The molecule has 0 aliphatic carbocycles. The van der Waals surface area contributed by atoms with E-state index in [-0.39, 0.29) is 24.0 Å². The number of nitrogens with two attached hydrogens (primary N) is 1. The zero-order valence-corrected chi connectivity index (χ0v) is 27.2. The zero-order chi connectivity index (χ0) is 31.3. The van der Waals surface area contributed by atoms with Crippen LogP contribution >= 0.6 is 34.5 Å². The normalized spacial score (nSPS) is 10.8. The van der Waals surface area contributed by atoms with Crippen LogP contribution in [0.15, 0.2) is 66.0 Å². The van der Waals surface area contributed by atoms with Gasteiger partial charge in [-0.2, -0.15) is 4.99 Å². The number of hydrogen-bond acceptors (Lipinski definition) is 6. The van der Waals surface area contributed by atoms with Gasteiger partial charge in [-0.25, -0.2) is 0 Å².